The van der Waals surface area contributed by atoms with Gasteiger partial charge in [0, 0.05) is 16.7 Å². The lowest BCUT2D eigenvalue weighted by atomic mass is 9.95. The van der Waals surface area contributed by atoms with Crippen LogP contribution in [0, 0.1) is 0 Å². The molecule has 4 nitrogen and oxygen atoms in total. The number of hydrogen-bond acceptors (Lipinski definition) is 4. The fraction of sp³-hybridized carbons (Fsp3) is 0.350. The average molecular weight is 328 g/mol. The van der Waals surface area contributed by atoms with Crippen molar-refractivity contribution in [2.24, 2.45) is 0 Å². The molecule has 0 bridgehead atoms. The van der Waals surface area contributed by atoms with E-state index in [4.69, 9.17) is 14.2 Å². The van der Waals surface area contributed by atoms with Crippen LogP contribution in [0.2, 0.25) is 0 Å². The van der Waals surface area contributed by atoms with Gasteiger partial charge in [-0.3, -0.25) is 0 Å². The third-order valence-corrected chi connectivity index (χ3v) is 4.06. The summed E-state index contributed by atoms with van der Waals surface area (Å²) in [6, 6.07) is 3.72. The molecule has 1 aromatic carbocycles. The molecule has 0 spiro atoms. The van der Waals surface area contributed by atoms with Crippen molar-refractivity contribution in [1.29, 1.82) is 0 Å². The largest absolute Gasteiger partial charge is 0.496 e. The molecule has 2 rings (SSSR count). The monoisotopic (exact) mass is 328 g/mol. The van der Waals surface area contributed by atoms with Crippen LogP contribution in [0.3, 0.4) is 0 Å². The average Bonchev–Trinajstić information content (AvgIpc) is 2.97. The van der Waals surface area contributed by atoms with Crippen LogP contribution in [0.5, 0.6) is 11.5 Å². The summed E-state index contributed by atoms with van der Waals surface area (Å²) >= 11 is 0. The summed E-state index contributed by atoms with van der Waals surface area (Å²) in [5.41, 5.74) is 2.51. The Morgan fingerprint density at radius 2 is 1.71 bits per heavy atom. The first-order valence-electron chi connectivity index (χ1n) is 8.03. The van der Waals surface area contributed by atoms with Gasteiger partial charge in [0.2, 0.25) is 0 Å². The number of methoxy groups -OCH3 is 2. The Kier molecular flexibility index (Phi) is 6.24. The Morgan fingerprint density at radius 3 is 2.33 bits per heavy atom. The van der Waals surface area contributed by atoms with Crippen molar-refractivity contribution in [1.82, 2.24) is 0 Å². The molecule has 0 radical (unpaired) electrons. The summed E-state index contributed by atoms with van der Waals surface area (Å²) < 4.78 is 16.6. The topological polar surface area (TPSA) is 44.8 Å². The minimum atomic E-state index is -0.456. The summed E-state index contributed by atoms with van der Waals surface area (Å²) in [5, 5.41) is 0. The van der Waals surface area contributed by atoms with Crippen LogP contribution >= 0.6 is 0 Å². The summed E-state index contributed by atoms with van der Waals surface area (Å²) in [6.45, 7) is 7.48. The first-order chi connectivity index (χ1) is 11.7. The van der Waals surface area contributed by atoms with Gasteiger partial charge in [0.1, 0.15) is 11.5 Å². The van der Waals surface area contributed by atoms with Gasteiger partial charge >= 0.3 is 5.97 Å². The molecule has 1 aliphatic rings. The highest BCUT2D eigenvalue weighted by Gasteiger charge is 2.31. The van der Waals surface area contributed by atoms with E-state index in [1.54, 1.807) is 20.3 Å². The summed E-state index contributed by atoms with van der Waals surface area (Å²) in [4.78, 5) is 12.1. The Hall–Kier alpha value is -2.49. The highest BCUT2D eigenvalue weighted by Crippen LogP contribution is 2.41. The van der Waals surface area contributed by atoms with Gasteiger partial charge in [-0.05, 0) is 43.9 Å². The Morgan fingerprint density at radius 1 is 1.08 bits per heavy atom. The molecule has 0 saturated carbocycles. The van der Waals surface area contributed by atoms with Crippen molar-refractivity contribution in [2.75, 3.05) is 14.2 Å². The second kappa shape index (κ2) is 8.39. The van der Waals surface area contributed by atoms with E-state index in [0.717, 1.165) is 36.1 Å². The van der Waals surface area contributed by atoms with Crippen LogP contribution in [0.4, 0.5) is 0 Å². The number of allylic oxidation sites excluding steroid dienone is 2. The molecule has 0 unspecified atom stereocenters. The van der Waals surface area contributed by atoms with Gasteiger partial charge < -0.3 is 14.2 Å². The van der Waals surface area contributed by atoms with Crippen molar-refractivity contribution in [3.05, 3.63) is 60.2 Å². The molecule has 1 atom stereocenters. The molecule has 128 valence electrons. The Bertz CT molecular complexity index is 658. The molecule has 1 heterocycles. The number of carbonyl (C=O) groups excluding carboxylic acids is 1. The maximum absolute atomic E-state index is 12.1. The van der Waals surface area contributed by atoms with E-state index in [1.807, 2.05) is 24.3 Å². The SMILES string of the molecule is C=CCCC1=C[C@@H](c2c(OC)ccc(OC)c2CCC=C)OC1=O. The van der Waals surface area contributed by atoms with Crippen molar-refractivity contribution < 1.29 is 19.0 Å². The molecule has 1 aromatic rings. The van der Waals surface area contributed by atoms with Gasteiger partial charge in [0.15, 0.2) is 6.10 Å². The molecule has 24 heavy (non-hydrogen) atoms. The molecular formula is C20H24O4. The number of ether oxygens (including phenoxy) is 3. The fourth-order valence-corrected chi connectivity index (χ4v) is 2.87. The van der Waals surface area contributed by atoms with E-state index in [-0.39, 0.29) is 5.97 Å². The number of cyclic esters (lactones) is 1. The zero-order chi connectivity index (χ0) is 17.5. The van der Waals surface area contributed by atoms with Crippen molar-refractivity contribution in [3.8, 4) is 11.5 Å². The lowest BCUT2D eigenvalue weighted by Crippen LogP contribution is -2.08. The first-order valence-corrected chi connectivity index (χ1v) is 8.03. The molecule has 0 N–H and O–H groups in total. The minimum Gasteiger partial charge on any atom is -0.496 e. The van der Waals surface area contributed by atoms with Crippen LogP contribution in [0.25, 0.3) is 0 Å². The predicted octanol–water partition coefficient (Wildman–Crippen LogP) is 4.31. The van der Waals surface area contributed by atoms with E-state index in [2.05, 4.69) is 13.2 Å². The third-order valence-electron chi connectivity index (χ3n) is 4.06. The lowest BCUT2D eigenvalue weighted by Gasteiger charge is -2.20. The first kappa shape index (κ1) is 17.9. The van der Waals surface area contributed by atoms with Crippen molar-refractivity contribution in [3.63, 3.8) is 0 Å². The molecule has 0 amide bonds. The number of rotatable bonds is 9. The van der Waals surface area contributed by atoms with Gasteiger partial charge in [-0.15, -0.1) is 13.2 Å². The van der Waals surface area contributed by atoms with E-state index in [9.17, 15) is 4.79 Å². The molecule has 0 saturated heterocycles. The fourth-order valence-electron chi connectivity index (χ4n) is 2.87. The van der Waals surface area contributed by atoms with E-state index in [1.165, 1.54) is 0 Å². The van der Waals surface area contributed by atoms with Crippen LogP contribution in [0.1, 0.15) is 36.5 Å². The smallest absolute Gasteiger partial charge is 0.334 e. The Balaban J connectivity index is 2.47. The number of carbonyl (C=O) groups is 1. The van der Waals surface area contributed by atoms with Crippen LogP contribution in [-0.2, 0) is 16.0 Å². The van der Waals surface area contributed by atoms with E-state index < -0.39 is 6.10 Å². The molecule has 4 heteroatoms. The highest BCUT2D eigenvalue weighted by molar-refractivity contribution is 5.91. The van der Waals surface area contributed by atoms with Gasteiger partial charge in [0.05, 0.1) is 14.2 Å². The van der Waals surface area contributed by atoms with Gasteiger partial charge in [-0.2, -0.15) is 0 Å². The number of esters is 1. The second-order valence-corrected chi connectivity index (χ2v) is 5.53. The summed E-state index contributed by atoms with van der Waals surface area (Å²) in [7, 11) is 3.25. The number of hydrogen-bond donors (Lipinski definition) is 0. The molecule has 1 aliphatic heterocycles. The zero-order valence-corrected chi connectivity index (χ0v) is 14.3. The minimum absolute atomic E-state index is 0.276. The van der Waals surface area contributed by atoms with Crippen molar-refractivity contribution in [2.45, 2.75) is 31.8 Å². The van der Waals surface area contributed by atoms with E-state index >= 15 is 0 Å². The van der Waals surface area contributed by atoms with Crippen LogP contribution in [-0.4, -0.2) is 20.2 Å². The Labute approximate surface area is 143 Å². The maximum Gasteiger partial charge on any atom is 0.334 e. The van der Waals surface area contributed by atoms with Crippen LogP contribution in [0.15, 0.2) is 49.1 Å². The summed E-state index contributed by atoms with van der Waals surface area (Å²) in [6.07, 6.45) is 7.98. The number of benzene rings is 1. The molecule has 0 aromatic heterocycles. The maximum atomic E-state index is 12.1. The van der Waals surface area contributed by atoms with Gasteiger partial charge in [0.25, 0.3) is 0 Å². The van der Waals surface area contributed by atoms with Gasteiger partial charge in [-0.1, -0.05) is 12.2 Å². The standard InChI is InChI=1S/C20H24O4/c1-5-7-9-14-13-18(24-20(14)21)19-15(10-8-6-2)16(22-3)11-12-17(19)23-4/h5-6,11-13,18H,1-2,7-10H2,3-4H3/t18-/m0/s1. The molecule has 0 fully saturated rings. The normalized spacial score (nSPS) is 16.3. The predicted molar refractivity (Wildman–Crippen MR) is 94.4 cm³/mol. The molecular weight excluding hydrogens is 304 g/mol. The lowest BCUT2D eigenvalue weighted by molar-refractivity contribution is -0.140. The summed E-state index contributed by atoms with van der Waals surface area (Å²) in [5.74, 6) is 1.17. The third kappa shape index (κ3) is 3.70. The van der Waals surface area contributed by atoms with Crippen LogP contribution < -0.4 is 9.47 Å². The van der Waals surface area contributed by atoms with Gasteiger partial charge in [-0.25, -0.2) is 4.79 Å². The quantitative estimate of drug-likeness (QED) is 0.500. The van der Waals surface area contributed by atoms with Crippen molar-refractivity contribution >= 4 is 5.97 Å². The molecule has 0 aliphatic carbocycles. The van der Waals surface area contributed by atoms with E-state index in [0.29, 0.717) is 17.7 Å². The highest BCUT2D eigenvalue weighted by atomic mass is 16.5. The zero-order valence-electron chi connectivity index (χ0n) is 14.3. The second-order valence-electron chi connectivity index (χ2n) is 5.53.